The first-order chi connectivity index (χ1) is 9.09. The zero-order chi connectivity index (χ0) is 14.0. The largest absolute Gasteiger partial charge is 0.335 e. The Bertz CT molecular complexity index is 355. The molecule has 2 heterocycles. The van der Waals surface area contributed by atoms with Gasteiger partial charge in [-0.2, -0.15) is 0 Å². The third-order valence-electron chi connectivity index (χ3n) is 5.22. The van der Waals surface area contributed by atoms with Crippen molar-refractivity contribution in [3.05, 3.63) is 0 Å². The maximum Gasteiger partial charge on any atom is 0.245 e. The van der Waals surface area contributed by atoms with Gasteiger partial charge in [0, 0.05) is 25.0 Å². The van der Waals surface area contributed by atoms with E-state index in [9.17, 15) is 9.59 Å². The molecule has 1 unspecified atom stereocenters. The van der Waals surface area contributed by atoms with Crippen molar-refractivity contribution < 1.29 is 9.59 Å². The lowest BCUT2D eigenvalue weighted by atomic mass is 9.87. The SMILES string of the molecule is CCC(CC)(CC)N1CCC(=O)N2CCCC2C1=O. The number of hydrogen-bond donors (Lipinski definition) is 0. The van der Waals surface area contributed by atoms with E-state index in [1.165, 1.54) is 0 Å². The van der Waals surface area contributed by atoms with Crippen molar-refractivity contribution in [3.8, 4) is 0 Å². The highest BCUT2D eigenvalue weighted by Gasteiger charge is 2.44. The summed E-state index contributed by atoms with van der Waals surface area (Å²) in [4.78, 5) is 28.8. The van der Waals surface area contributed by atoms with Gasteiger partial charge in [-0.1, -0.05) is 20.8 Å². The lowest BCUT2D eigenvalue weighted by Gasteiger charge is -2.43. The predicted octanol–water partition coefficient (Wildman–Crippen LogP) is 2.18. The zero-order valence-corrected chi connectivity index (χ0v) is 12.4. The normalized spacial score (nSPS) is 24.7. The van der Waals surface area contributed by atoms with Gasteiger partial charge in [0.15, 0.2) is 0 Å². The molecule has 0 bridgehead atoms. The van der Waals surface area contributed by atoms with Gasteiger partial charge in [0.1, 0.15) is 6.04 Å². The zero-order valence-electron chi connectivity index (χ0n) is 12.4. The summed E-state index contributed by atoms with van der Waals surface area (Å²) in [6.07, 6.45) is 5.19. The number of fused-ring (bicyclic) bond motifs is 1. The van der Waals surface area contributed by atoms with Gasteiger partial charge in [-0.25, -0.2) is 0 Å². The molecule has 0 aromatic heterocycles. The molecule has 2 fully saturated rings. The molecular formula is C15H26N2O2. The Hall–Kier alpha value is -1.06. The molecule has 2 aliphatic rings. The van der Waals surface area contributed by atoms with E-state index in [1.54, 1.807) is 0 Å². The molecule has 1 atom stereocenters. The molecule has 4 heteroatoms. The molecule has 0 radical (unpaired) electrons. The average Bonchev–Trinajstić information content (AvgIpc) is 2.88. The third-order valence-corrected chi connectivity index (χ3v) is 5.22. The number of carbonyl (C=O) groups is 2. The van der Waals surface area contributed by atoms with Crippen LogP contribution < -0.4 is 0 Å². The van der Waals surface area contributed by atoms with E-state index in [4.69, 9.17) is 0 Å². The molecule has 0 aromatic carbocycles. The fourth-order valence-electron chi connectivity index (χ4n) is 3.76. The predicted molar refractivity (Wildman–Crippen MR) is 74.7 cm³/mol. The summed E-state index contributed by atoms with van der Waals surface area (Å²) in [5.41, 5.74) is -0.0596. The Labute approximate surface area is 116 Å². The quantitative estimate of drug-likeness (QED) is 0.782. The molecule has 19 heavy (non-hydrogen) atoms. The maximum absolute atomic E-state index is 12.8. The first-order valence-corrected chi connectivity index (χ1v) is 7.70. The van der Waals surface area contributed by atoms with Crippen LogP contribution in [0.5, 0.6) is 0 Å². The highest BCUT2D eigenvalue weighted by Crippen LogP contribution is 2.33. The molecule has 2 saturated heterocycles. The monoisotopic (exact) mass is 266 g/mol. The number of rotatable bonds is 4. The second-order valence-corrected chi connectivity index (χ2v) is 5.77. The van der Waals surface area contributed by atoms with Crippen LogP contribution in [0, 0.1) is 0 Å². The second kappa shape index (κ2) is 5.51. The smallest absolute Gasteiger partial charge is 0.245 e. The minimum absolute atomic E-state index is 0.0596. The second-order valence-electron chi connectivity index (χ2n) is 5.77. The topological polar surface area (TPSA) is 40.6 Å². The van der Waals surface area contributed by atoms with Gasteiger partial charge >= 0.3 is 0 Å². The van der Waals surface area contributed by atoms with Crippen molar-refractivity contribution in [3.63, 3.8) is 0 Å². The first-order valence-electron chi connectivity index (χ1n) is 7.70. The van der Waals surface area contributed by atoms with Gasteiger partial charge in [-0.3, -0.25) is 9.59 Å². The minimum Gasteiger partial charge on any atom is -0.335 e. The Morgan fingerprint density at radius 3 is 2.32 bits per heavy atom. The van der Waals surface area contributed by atoms with Crippen molar-refractivity contribution in [2.75, 3.05) is 13.1 Å². The summed E-state index contributed by atoms with van der Waals surface area (Å²) in [7, 11) is 0. The standard InChI is InChI=1S/C15H26N2O2/c1-4-15(5-2,6-3)17-11-9-13(18)16-10-7-8-12(16)14(17)19/h12H,4-11H2,1-3H3. The van der Waals surface area contributed by atoms with Gasteiger partial charge in [0.05, 0.1) is 0 Å². The minimum atomic E-state index is -0.181. The molecule has 0 aliphatic carbocycles. The van der Waals surface area contributed by atoms with Crippen molar-refractivity contribution in [1.82, 2.24) is 9.80 Å². The Morgan fingerprint density at radius 1 is 1.11 bits per heavy atom. The fourth-order valence-corrected chi connectivity index (χ4v) is 3.76. The van der Waals surface area contributed by atoms with Crippen molar-refractivity contribution in [2.24, 2.45) is 0 Å². The summed E-state index contributed by atoms with van der Waals surface area (Å²) in [5.74, 6) is 0.351. The van der Waals surface area contributed by atoms with E-state index in [-0.39, 0.29) is 23.4 Å². The van der Waals surface area contributed by atoms with E-state index in [2.05, 4.69) is 20.8 Å². The number of carbonyl (C=O) groups excluding carboxylic acids is 2. The van der Waals surface area contributed by atoms with E-state index in [1.807, 2.05) is 9.80 Å². The summed E-state index contributed by atoms with van der Waals surface area (Å²) in [6.45, 7) is 7.82. The van der Waals surface area contributed by atoms with Gasteiger partial charge in [0.2, 0.25) is 11.8 Å². The van der Waals surface area contributed by atoms with E-state index in [0.29, 0.717) is 13.0 Å². The molecule has 0 spiro atoms. The Morgan fingerprint density at radius 2 is 1.74 bits per heavy atom. The highest BCUT2D eigenvalue weighted by molar-refractivity contribution is 5.91. The van der Waals surface area contributed by atoms with Crippen LogP contribution in [0.1, 0.15) is 59.3 Å². The number of amides is 2. The maximum atomic E-state index is 12.8. The molecule has 0 aromatic rings. The lowest BCUT2D eigenvalue weighted by molar-refractivity contribution is -0.143. The Balaban J connectivity index is 2.30. The van der Waals surface area contributed by atoms with Crippen LogP contribution >= 0.6 is 0 Å². The van der Waals surface area contributed by atoms with Crippen LogP contribution in [0.4, 0.5) is 0 Å². The molecule has 2 rings (SSSR count). The van der Waals surface area contributed by atoms with Crippen molar-refractivity contribution in [2.45, 2.75) is 70.9 Å². The highest BCUT2D eigenvalue weighted by atomic mass is 16.2. The molecule has 0 N–H and O–H groups in total. The van der Waals surface area contributed by atoms with Crippen LogP contribution in [-0.4, -0.2) is 46.3 Å². The first kappa shape index (κ1) is 14.4. The van der Waals surface area contributed by atoms with Gasteiger partial charge in [-0.15, -0.1) is 0 Å². The van der Waals surface area contributed by atoms with E-state index >= 15 is 0 Å². The van der Waals surface area contributed by atoms with E-state index < -0.39 is 0 Å². The van der Waals surface area contributed by atoms with Crippen molar-refractivity contribution >= 4 is 11.8 Å². The number of nitrogens with zero attached hydrogens (tertiary/aromatic N) is 2. The van der Waals surface area contributed by atoms with Crippen LogP contribution in [0.2, 0.25) is 0 Å². The van der Waals surface area contributed by atoms with E-state index in [0.717, 1.165) is 38.6 Å². The molecule has 108 valence electrons. The van der Waals surface area contributed by atoms with Crippen LogP contribution in [-0.2, 0) is 9.59 Å². The van der Waals surface area contributed by atoms with Crippen LogP contribution in [0.25, 0.3) is 0 Å². The van der Waals surface area contributed by atoms with Crippen LogP contribution in [0.3, 0.4) is 0 Å². The lowest BCUT2D eigenvalue weighted by Crippen LogP contribution is -2.54. The van der Waals surface area contributed by atoms with Crippen molar-refractivity contribution in [1.29, 1.82) is 0 Å². The molecular weight excluding hydrogens is 240 g/mol. The van der Waals surface area contributed by atoms with Gasteiger partial charge < -0.3 is 9.80 Å². The molecule has 2 aliphatic heterocycles. The summed E-state index contributed by atoms with van der Waals surface area (Å²) >= 11 is 0. The Kier molecular flexibility index (Phi) is 4.16. The molecule has 0 saturated carbocycles. The summed E-state index contributed by atoms with van der Waals surface area (Å²) in [5, 5.41) is 0. The number of hydrogen-bond acceptors (Lipinski definition) is 2. The third kappa shape index (κ3) is 2.26. The van der Waals surface area contributed by atoms with Gasteiger partial charge in [0.25, 0.3) is 0 Å². The average molecular weight is 266 g/mol. The van der Waals surface area contributed by atoms with Gasteiger partial charge in [-0.05, 0) is 32.1 Å². The fraction of sp³-hybridized carbons (Fsp3) is 0.867. The molecule has 4 nitrogen and oxygen atoms in total. The summed E-state index contributed by atoms with van der Waals surface area (Å²) < 4.78 is 0. The van der Waals surface area contributed by atoms with Crippen LogP contribution in [0.15, 0.2) is 0 Å². The molecule has 2 amide bonds. The summed E-state index contributed by atoms with van der Waals surface area (Å²) in [6, 6.07) is -0.181.